The molecule has 2 aromatic rings. The lowest BCUT2D eigenvalue weighted by Crippen LogP contribution is -2.27. The van der Waals surface area contributed by atoms with Crippen molar-refractivity contribution in [2.45, 2.75) is 18.3 Å². The summed E-state index contributed by atoms with van der Waals surface area (Å²) in [5.74, 6) is 0.211. The second kappa shape index (κ2) is 5.77. The largest absolute Gasteiger partial charge is 0.478 e. The SMILES string of the molecule is O=C(O)c1ccc(NC(=O)C2(c3ccc4c(c3)OCO4)CC2)cc1Br. The number of rotatable bonds is 4. The summed E-state index contributed by atoms with van der Waals surface area (Å²) >= 11 is 3.22. The average molecular weight is 404 g/mol. The van der Waals surface area contributed by atoms with Crippen molar-refractivity contribution < 1.29 is 24.2 Å². The smallest absolute Gasteiger partial charge is 0.336 e. The van der Waals surface area contributed by atoms with Crippen LogP contribution in [0, 0.1) is 0 Å². The van der Waals surface area contributed by atoms with Gasteiger partial charge in [-0.15, -0.1) is 0 Å². The molecule has 0 bridgehead atoms. The van der Waals surface area contributed by atoms with Crippen LogP contribution < -0.4 is 14.8 Å². The van der Waals surface area contributed by atoms with Crippen LogP contribution in [0.4, 0.5) is 5.69 Å². The van der Waals surface area contributed by atoms with E-state index in [9.17, 15) is 9.59 Å². The first-order chi connectivity index (χ1) is 12.0. The summed E-state index contributed by atoms with van der Waals surface area (Å²) in [5.41, 5.74) is 1.03. The van der Waals surface area contributed by atoms with E-state index in [1.165, 1.54) is 6.07 Å². The molecule has 128 valence electrons. The highest BCUT2D eigenvalue weighted by Crippen LogP contribution is 2.51. The van der Waals surface area contributed by atoms with Gasteiger partial charge in [-0.25, -0.2) is 4.79 Å². The van der Waals surface area contributed by atoms with E-state index >= 15 is 0 Å². The maximum absolute atomic E-state index is 12.8. The van der Waals surface area contributed by atoms with Crippen molar-refractivity contribution in [2.75, 3.05) is 12.1 Å². The first-order valence-electron chi connectivity index (χ1n) is 7.74. The number of amides is 1. The van der Waals surface area contributed by atoms with Crippen LogP contribution in [0.15, 0.2) is 40.9 Å². The summed E-state index contributed by atoms with van der Waals surface area (Å²) in [6, 6.07) is 10.2. The van der Waals surface area contributed by atoms with E-state index in [2.05, 4.69) is 21.2 Å². The molecule has 1 aliphatic carbocycles. The van der Waals surface area contributed by atoms with E-state index in [0.29, 0.717) is 21.7 Å². The Balaban J connectivity index is 1.57. The lowest BCUT2D eigenvalue weighted by atomic mass is 9.94. The summed E-state index contributed by atoms with van der Waals surface area (Å²) in [6.45, 7) is 0.196. The number of carboxylic acids is 1. The van der Waals surface area contributed by atoms with E-state index < -0.39 is 11.4 Å². The van der Waals surface area contributed by atoms with Gasteiger partial charge in [-0.2, -0.15) is 0 Å². The van der Waals surface area contributed by atoms with Crippen molar-refractivity contribution in [1.29, 1.82) is 0 Å². The number of carbonyl (C=O) groups is 2. The second-order valence-electron chi connectivity index (χ2n) is 6.10. The van der Waals surface area contributed by atoms with E-state index in [0.717, 1.165) is 18.4 Å². The van der Waals surface area contributed by atoms with Crippen LogP contribution in [-0.4, -0.2) is 23.8 Å². The van der Waals surface area contributed by atoms with Crippen LogP contribution in [0.5, 0.6) is 11.5 Å². The van der Waals surface area contributed by atoms with Crippen LogP contribution in [0.2, 0.25) is 0 Å². The molecule has 1 aliphatic heterocycles. The molecule has 1 amide bonds. The molecule has 0 unspecified atom stereocenters. The summed E-state index contributed by atoms with van der Waals surface area (Å²) in [6.07, 6.45) is 1.51. The van der Waals surface area contributed by atoms with Gasteiger partial charge in [-0.3, -0.25) is 4.79 Å². The van der Waals surface area contributed by atoms with Crippen LogP contribution in [0.3, 0.4) is 0 Å². The molecule has 4 rings (SSSR count). The number of fused-ring (bicyclic) bond motifs is 1. The highest BCUT2D eigenvalue weighted by Gasteiger charge is 2.51. The molecular formula is C18H14BrNO5. The van der Waals surface area contributed by atoms with Crippen LogP contribution in [-0.2, 0) is 10.2 Å². The van der Waals surface area contributed by atoms with Crippen LogP contribution in [0.1, 0.15) is 28.8 Å². The van der Waals surface area contributed by atoms with Crippen molar-refractivity contribution in [3.05, 3.63) is 52.0 Å². The molecule has 1 fully saturated rings. The number of halogens is 1. The number of aromatic carboxylic acids is 1. The fourth-order valence-corrected chi connectivity index (χ4v) is 3.53. The standard InChI is InChI=1S/C18H14BrNO5/c19-13-8-11(2-3-12(13)16(21)22)20-17(23)18(5-6-18)10-1-4-14-15(7-10)25-9-24-14/h1-4,7-8H,5-6,9H2,(H,20,23)(H,21,22). The number of carbonyl (C=O) groups excluding carboxylic acids is 1. The van der Waals surface area contributed by atoms with Crippen molar-refractivity contribution >= 4 is 33.5 Å². The first kappa shape index (κ1) is 16.0. The molecule has 1 saturated carbocycles. The minimum atomic E-state index is -1.02. The average Bonchev–Trinajstić information content (AvgIpc) is 3.26. The Labute approximate surface area is 151 Å². The van der Waals surface area contributed by atoms with Gasteiger partial charge in [0.1, 0.15) is 0 Å². The maximum Gasteiger partial charge on any atom is 0.336 e. The molecule has 0 aromatic heterocycles. The van der Waals surface area contributed by atoms with E-state index in [4.69, 9.17) is 14.6 Å². The van der Waals surface area contributed by atoms with E-state index in [1.807, 2.05) is 18.2 Å². The van der Waals surface area contributed by atoms with E-state index in [-0.39, 0.29) is 18.3 Å². The molecule has 1 heterocycles. The summed E-state index contributed by atoms with van der Waals surface area (Å²) in [7, 11) is 0. The van der Waals surface area contributed by atoms with Gasteiger partial charge < -0.3 is 19.9 Å². The Morgan fingerprint density at radius 1 is 1.08 bits per heavy atom. The van der Waals surface area contributed by atoms with Crippen LogP contribution in [0.25, 0.3) is 0 Å². The van der Waals surface area contributed by atoms with Gasteiger partial charge >= 0.3 is 5.97 Å². The normalized spacial score (nSPS) is 16.4. The highest BCUT2D eigenvalue weighted by molar-refractivity contribution is 9.10. The highest BCUT2D eigenvalue weighted by atomic mass is 79.9. The molecule has 2 aromatic carbocycles. The number of anilines is 1. The number of hydrogen-bond acceptors (Lipinski definition) is 4. The predicted molar refractivity (Wildman–Crippen MR) is 93.2 cm³/mol. The summed E-state index contributed by atoms with van der Waals surface area (Å²) in [4.78, 5) is 23.9. The molecule has 0 atom stereocenters. The number of carboxylic acid groups (broad SMARTS) is 1. The number of hydrogen-bond donors (Lipinski definition) is 2. The number of ether oxygens (including phenoxy) is 2. The third kappa shape index (κ3) is 2.74. The minimum absolute atomic E-state index is 0.110. The topological polar surface area (TPSA) is 84.9 Å². The zero-order chi connectivity index (χ0) is 17.6. The molecule has 2 aliphatic rings. The Morgan fingerprint density at radius 3 is 2.52 bits per heavy atom. The Bertz CT molecular complexity index is 891. The fourth-order valence-electron chi connectivity index (χ4n) is 2.98. The van der Waals surface area contributed by atoms with Crippen LogP contribution >= 0.6 is 15.9 Å². The molecular weight excluding hydrogens is 390 g/mol. The van der Waals surface area contributed by atoms with Gasteiger partial charge in [0.25, 0.3) is 0 Å². The van der Waals surface area contributed by atoms with Crippen molar-refractivity contribution in [1.82, 2.24) is 0 Å². The maximum atomic E-state index is 12.8. The Morgan fingerprint density at radius 2 is 1.84 bits per heavy atom. The fraction of sp³-hybridized carbons (Fsp3) is 0.222. The third-order valence-corrected chi connectivity index (χ3v) is 5.22. The minimum Gasteiger partial charge on any atom is -0.478 e. The zero-order valence-electron chi connectivity index (χ0n) is 13.0. The summed E-state index contributed by atoms with van der Waals surface area (Å²) in [5, 5.41) is 11.9. The van der Waals surface area contributed by atoms with Gasteiger partial charge in [-0.1, -0.05) is 6.07 Å². The molecule has 7 heteroatoms. The van der Waals surface area contributed by atoms with Crippen molar-refractivity contribution in [3.8, 4) is 11.5 Å². The van der Waals surface area contributed by atoms with Crippen molar-refractivity contribution in [3.63, 3.8) is 0 Å². The number of benzene rings is 2. The Hall–Kier alpha value is -2.54. The molecule has 25 heavy (non-hydrogen) atoms. The Kier molecular flexibility index (Phi) is 3.68. The lowest BCUT2D eigenvalue weighted by molar-refractivity contribution is -0.118. The molecule has 0 saturated heterocycles. The van der Waals surface area contributed by atoms with Crippen molar-refractivity contribution in [2.24, 2.45) is 0 Å². The molecule has 6 nitrogen and oxygen atoms in total. The van der Waals surface area contributed by atoms with Gasteiger partial charge in [0.2, 0.25) is 12.7 Å². The van der Waals surface area contributed by atoms with Gasteiger partial charge in [-0.05, 0) is 64.7 Å². The summed E-state index contributed by atoms with van der Waals surface area (Å²) < 4.78 is 11.1. The lowest BCUT2D eigenvalue weighted by Gasteiger charge is -2.16. The van der Waals surface area contributed by atoms with Gasteiger partial charge in [0, 0.05) is 10.2 Å². The second-order valence-corrected chi connectivity index (χ2v) is 6.96. The third-order valence-electron chi connectivity index (χ3n) is 4.57. The molecule has 2 N–H and O–H groups in total. The zero-order valence-corrected chi connectivity index (χ0v) is 14.6. The monoisotopic (exact) mass is 403 g/mol. The predicted octanol–water partition coefficient (Wildman–Crippen LogP) is 3.55. The quantitative estimate of drug-likeness (QED) is 0.815. The molecule has 0 spiro atoms. The molecule has 0 radical (unpaired) electrons. The van der Waals surface area contributed by atoms with Gasteiger partial charge in [0.15, 0.2) is 11.5 Å². The first-order valence-corrected chi connectivity index (χ1v) is 8.53. The van der Waals surface area contributed by atoms with E-state index in [1.54, 1.807) is 12.1 Å². The number of nitrogens with one attached hydrogen (secondary N) is 1. The van der Waals surface area contributed by atoms with Gasteiger partial charge in [0.05, 0.1) is 11.0 Å².